The largest absolute Gasteiger partial charge is 0.494 e. The van der Waals surface area contributed by atoms with E-state index < -0.39 is 11.8 Å². The first kappa shape index (κ1) is 16.7. The van der Waals surface area contributed by atoms with Crippen LogP contribution >= 0.6 is 23.5 Å². The summed E-state index contributed by atoms with van der Waals surface area (Å²) >= 11 is 2.85. The molecule has 1 heterocycles. The average molecular weight is 336 g/mol. The van der Waals surface area contributed by atoms with Gasteiger partial charge in [0.25, 0.3) is 0 Å². The molecule has 0 bridgehead atoms. The quantitative estimate of drug-likeness (QED) is 0.488. The van der Waals surface area contributed by atoms with Gasteiger partial charge in [-0.1, -0.05) is 18.2 Å². The Morgan fingerprint density at radius 3 is 2.41 bits per heavy atom. The van der Waals surface area contributed by atoms with Crippen molar-refractivity contribution in [2.45, 2.75) is 6.92 Å². The van der Waals surface area contributed by atoms with Crippen molar-refractivity contribution in [3.05, 3.63) is 45.7 Å². The first-order chi connectivity index (χ1) is 10.6. The fourth-order valence-corrected chi connectivity index (χ4v) is 4.38. The van der Waals surface area contributed by atoms with Gasteiger partial charge in [-0.15, -0.1) is 23.5 Å². The number of rotatable bonds is 6. The average Bonchev–Trinajstić information content (AvgIpc) is 3.00. The van der Waals surface area contributed by atoms with Crippen molar-refractivity contribution in [3.8, 4) is 5.75 Å². The third-order valence-corrected chi connectivity index (χ3v) is 5.55. The van der Waals surface area contributed by atoms with E-state index in [-0.39, 0.29) is 5.57 Å². The number of carbonyl (C=O) groups is 2. The number of carboxylic acid groups (broad SMARTS) is 1. The molecule has 0 radical (unpaired) electrons. The van der Waals surface area contributed by atoms with Crippen LogP contribution in [0.2, 0.25) is 0 Å². The van der Waals surface area contributed by atoms with Crippen LogP contribution in [0.15, 0.2) is 40.2 Å². The number of benzene rings is 1. The monoisotopic (exact) mass is 336 g/mol. The molecule has 0 amide bonds. The molecular weight excluding hydrogens is 320 g/mol. The van der Waals surface area contributed by atoms with E-state index in [4.69, 9.17) is 4.74 Å². The van der Waals surface area contributed by atoms with Crippen molar-refractivity contribution >= 4 is 41.4 Å². The van der Waals surface area contributed by atoms with Gasteiger partial charge < -0.3 is 9.84 Å². The van der Waals surface area contributed by atoms with E-state index in [0.717, 1.165) is 22.8 Å². The van der Waals surface area contributed by atoms with Crippen LogP contribution < -0.4 is 4.74 Å². The van der Waals surface area contributed by atoms with Gasteiger partial charge in [-0.25, -0.2) is 4.79 Å². The van der Waals surface area contributed by atoms with Gasteiger partial charge in [0.2, 0.25) is 0 Å². The van der Waals surface area contributed by atoms with Gasteiger partial charge in [0, 0.05) is 11.5 Å². The van der Waals surface area contributed by atoms with Crippen molar-refractivity contribution in [3.63, 3.8) is 0 Å². The van der Waals surface area contributed by atoms with Gasteiger partial charge in [0.15, 0.2) is 5.78 Å². The molecule has 6 heteroatoms. The molecule has 4 nitrogen and oxygen atoms in total. The number of carbonyl (C=O) groups excluding carboxylic acids is 1. The van der Waals surface area contributed by atoms with Crippen LogP contribution in [0.4, 0.5) is 0 Å². The molecule has 2 rings (SSSR count). The Morgan fingerprint density at radius 2 is 1.86 bits per heavy atom. The molecular formula is C16H16O4S2. The molecule has 0 aliphatic carbocycles. The second-order valence-electron chi connectivity index (χ2n) is 4.36. The lowest BCUT2D eigenvalue weighted by Crippen LogP contribution is -2.11. The van der Waals surface area contributed by atoms with Crippen molar-refractivity contribution in [1.82, 2.24) is 0 Å². The fraction of sp³-hybridized carbons (Fsp3) is 0.250. The summed E-state index contributed by atoms with van der Waals surface area (Å²) < 4.78 is 5.95. The molecule has 1 fully saturated rings. The second-order valence-corrected chi connectivity index (χ2v) is 6.83. The maximum absolute atomic E-state index is 12.1. The van der Waals surface area contributed by atoms with Crippen LogP contribution in [0, 0.1) is 0 Å². The van der Waals surface area contributed by atoms with Crippen molar-refractivity contribution in [1.29, 1.82) is 0 Å². The lowest BCUT2D eigenvalue weighted by Gasteiger charge is -2.03. The third kappa shape index (κ3) is 4.42. The molecule has 0 unspecified atom stereocenters. The molecule has 0 aromatic heterocycles. The normalized spacial score (nSPS) is 14.3. The number of ketones is 1. The zero-order valence-corrected chi connectivity index (χ0v) is 13.7. The zero-order chi connectivity index (χ0) is 15.9. The number of ether oxygens (including phenoxy) is 1. The van der Waals surface area contributed by atoms with E-state index in [9.17, 15) is 14.7 Å². The van der Waals surface area contributed by atoms with Gasteiger partial charge in [-0.05, 0) is 30.7 Å². The Balaban J connectivity index is 2.12. The van der Waals surface area contributed by atoms with Crippen molar-refractivity contribution in [2.24, 2.45) is 0 Å². The highest BCUT2D eigenvalue weighted by molar-refractivity contribution is 8.25. The highest BCUT2D eigenvalue weighted by Crippen LogP contribution is 2.39. The molecule has 22 heavy (non-hydrogen) atoms. The van der Waals surface area contributed by atoms with E-state index >= 15 is 0 Å². The number of aliphatic carboxylic acids is 1. The maximum Gasteiger partial charge on any atom is 0.341 e. The van der Waals surface area contributed by atoms with Crippen LogP contribution in [0.3, 0.4) is 0 Å². The maximum atomic E-state index is 12.1. The highest BCUT2D eigenvalue weighted by atomic mass is 32.2. The zero-order valence-electron chi connectivity index (χ0n) is 12.1. The lowest BCUT2D eigenvalue weighted by atomic mass is 10.1. The standard InChI is InChI=1S/C16H16O4S2/c1-2-20-12-6-3-11(4-7-12)5-8-13(17)14(15(18)19)16-21-9-10-22-16/h3-8H,2,9-10H2,1H3,(H,18,19). The van der Waals surface area contributed by atoms with Crippen molar-refractivity contribution in [2.75, 3.05) is 18.1 Å². The summed E-state index contributed by atoms with van der Waals surface area (Å²) in [5, 5.41) is 9.24. The predicted octanol–water partition coefficient (Wildman–Crippen LogP) is 3.44. The Labute approximate surface area is 137 Å². The summed E-state index contributed by atoms with van der Waals surface area (Å²) in [6.45, 7) is 2.50. The number of hydrogen-bond acceptors (Lipinski definition) is 5. The molecule has 116 valence electrons. The minimum absolute atomic E-state index is 0.130. The first-order valence-corrected chi connectivity index (χ1v) is 8.77. The van der Waals surface area contributed by atoms with Crippen LogP contribution in [-0.4, -0.2) is 35.0 Å². The van der Waals surface area contributed by atoms with Gasteiger partial charge >= 0.3 is 5.97 Å². The van der Waals surface area contributed by atoms with Crippen LogP contribution in [0.25, 0.3) is 6.08 Å². The summed E-state index contributed by atoms with van der Waals surface area (Å²) in [7, 11) is 0. The minimum atomic E-state index is -1.17. The summed E-state index contributed by atoms with van der Waals surface area (Å²) in [6, 6.07) is 7.27. The van der Waals surface area contributed by atoms with Gasteiger partial charge in [-0.3, -0.25) is 4.79 Å². The number of carboxylic acids is 1. The second kappa shape index (κ2) is 8.10. The molecule has 1 aromatic carbocycles. The molecule has 1 N–H and O–H groups in total. The molecule has 0 saturated carbocycles. The van der Waals surface area contributed by atoms with E-state index in [1.54, 1.807) is 6.08 Å². The van der Waals surface area contributed by atoms with Crippen LogP contribution in [0.1, 0.15) is 12.5 Å². The van der Waals surface area contributed by atoms with E-state index in [1.165, 1.54) is 29.6 Å². The minimum Gasteiger partial charge on any atom is -0.494 e. The topological polar surface area (TPSA) is 63.6 Å². The highest BCUT2D eigenvalue weighted by Gasteiger charge is 2.24. The van der Waals surface area contributed by atoms with E-state index in [1.807, 2.05) is 31.2 Å². The summed E-state index contributed by atoms with van der Waals surface area (Å²) in [5.74, 6) is 0.800. The predicted molar refractivity (Wildman–Crippen MR) is 91.2 cm³/mol. The molecule has 0 atom stereocenters. The fourth-order valence-electron chi connectivity index (χ4n) is 1.85. The van der Waals surface area contributed by atoms with Crippen LogP contribution in [-0.2, 0) is 9.59 Å². The van der Waals surface area contributed by atoms with Gasteiger partial charge in [0.05, 0.1) is 10.8 Å². The van der Waals surface area contributed by atoms with E-state index in [0.29, 0.717) is 10.8 Å². The molecule has 1 aliphatic heterocycles. The van der Waals surface area contributed by atoms with E-state index in [2.05, 4.69) is 0 Å². The third-order valence-electron chi connectivity index (χ3n) is 2.83. The summed E-state index contributed by atoms with van der Waals surface area (Å²) in [6.07, 6.45) is 2.93. The Hall–Kier alpha value is -1.66. The SMILES string of the molecule is CCOc1ccc(C=CC(=O)C(C(=O)O)=C2SCCS2)cc1. The molecule has 1 aromatic rings. The Kier molecular flexibility index (Phi) is 6.15. The molecule has 1 aliphatic rings. The lowest BCUT2D eigenvalue weighted by molar-refractivity contribution is -0.134. The summed E-state index contributed by atoms with van der Waals surface area (Å²) in [4.78, 5) is 23.4. The number of thioether (sulfide) groups is 2. The van der Waals surface area contributed by atoms with Crippen LogP contribution in [0.5, 0.6) is 5.75 Å². The number of hydrogen-bond donors (Lipinski definition) is 1. The Morgan fingerprint density at radius 1 is 1.23 bits per heavy atom. The smallest absolute Gasteiger partial charge is 0.341 e. The van der Waals surface area contributed by atoms with Gasteiger partial charge in [-0.2, -0.15) is 0 Å². The van der Waals surface area contributed by atoms with Crippen molar-refractivity contribution < 1.29 is 19.4 Å². The first-order valence-electron chi connectivity index (χ1n) is 6.80. The summed E-state index contributed by atoms with van der Waals surface area (Å²) in [5.41, 5.74) is 0.688. The van der Waals surface area contributed by atoms with Gasteiger partial charge in [0.1, 0.15) is 11.3 Å². The number of allylic oxidation sites excluding steroid dienone is 1. The Bertz CT molecular complexity index is 610. The molecule has 0 spiro atoms. The molecule has 1 saturated heterocycles.